The fraction of sp³-hybridized carbons (Fsp3) is 0.485. The average Bonchev–Trinajstić information content (AvgIpc) is 1.04. The molecular weight excluding hydrogens is 1310 g/mol. The number of halogens is 3. The molecule has 0 aliphatic carbocycles. The van der Waals surface area contributed by atoms with Gasteiger partial charge in [-0.2, -0.15) is 0 Å². The van der Waals surface area contributed by atoms with Gasteiger partial charge in [0.15, 0.2) is 16.9 Å². The van der Waals surface area contributed by atoms with Crippen LogP contribution in [0.5, 0.6) is 34.5 Å². The van der Waals surface area contributed by atoms with E-state index < -0.39 is 70.9 Å². The summed E-state index contributed by atoms with van der Waals surface area (Å²) in [7, 11) is 0. The molecule has 3 N–H and O–H groups in total. The molecule has 8 atom stereocenters. The molecule has 0 amide bonds. The third-order valence-corrected chi connectivity index (χ3v) is 16.7. The summed E-state index contributed by atoms with van der Waals surface area (Å²) in [5.41, 5.74) is 20.2. The molecule has 6 aliphatic heterocycles. The molecule has 0 bridgehead atoms. The molecule has 0 spiro atoms. The summed E-state index contributed by atoms with van der Waals surface area (Å²) in [6.45, 7) is 29.6. The van der Waals surface area contributed by atoms with Crippen LogP contribution in [-0.4, -0.2) is 64.3 Å². The Balaban J connectivity index is 0.000000201. The van der Waals surface area contributed by atoms with Gasteiger partial charge >= 0.3 is 94.0 Å². The second-order valence-electron chi connectivity index (χ2n) is 24.6. The molecule has 0 unspecified atom stereocenters. The van der Waals surface area contributed by atoms with Crippen LogP contribution < -0.4 is 74.9 Å². The van der Waals surface area contributed by atoms with Crippen molar-refractivity contribution in [3.63, 3.8) is 0 Å². The molecule has 21 heteroatoms. The molecular formula is C66H78BCeCl3NaO15+. The summed E-state index contributed by atoms with van der Waals surface area (Å²) in [4.78, 5) is 47.8. The number of carbonyl (C=O) groups excluding carboxylic acids is 1. The SMILES string of the molecule is CCCc1cc(=O)oc2c3c(c4c(c12)OC(C)(C)C=C4)O[C@H](C)[C@@H](C)C3=O.CCCc1cc(=O)oc2c3c(c4c(c12)OC(C)(C)C=C4)O[C@H](C)[C@@H](C)[C@H]3O.CCCc1cc(=[OH+])oc2c3c(c4c(c12)OC(C)(C)C=C4)O[C@H](C)[C@@H](C)[C@@H]3O.[B].[Cl][Ce]([Cl])[Cl].[H-].[Na+]. The molecule has 0 saturated carbocycles. The van der Waals surface area contributed by atoms with Crippen LogP contribution >= 0.6 is 16.9 Å². The van der Waals surface area contributed by atoms with E-state index in [1.54, 1.807) is 6.07 Å². The Morgan fingerprint density at radius 2 is 0.862 bits per heavy atom. The normalized spacial score (nSPS) is 23.2. The van der Waals surface area contributed by atoms with Gasteiger partial charge in [0, 0.05) is 32.4 Å². The zero-order valence-corrected chi connectivity index (χ0v) is 59.9. The van der Waals surface area contributed by atoms with Crippen molar-refractivity contribution in [1.82, 2.24) is 0 Å². The molecule has 460 valence electrons. The minimum atomic E-state index is -2.24. The smallest absolute Gasteiger partial charge is 1.00 e. The maximum Gasteiger partial charge on any atom is 1.00 e. The van der Waals surface area contributed by atoms with Crippen molar-refractivity contribution in [3.8, 4) is 34.5 Å². The number of benzene rings is 3. The van der Waals surface area contributed by atoms with Gasteiger partial charge in [-0.3, -0.25) is 9.21 Å². The summed E-state index contributed by atoms with van der Waals surface area (Å²) >= 11 is -2.24. The second kappa shape index (κ2) is 27.6. The van der Waals surface area contributed by atoms with Crippen LogP contribution in [-0.2, 0) is 19.3 Å². The van der Waals surface area contributed by atoms with E-state index in [0.29, 0.717) is 74.2 Å². The fourth-order valence-electron chi connectivity index (χ4n) is 11.8. The molecule has 0 fully saturated rings. The first-order chi connectivity index (χ1) is 39.9. The zero-order valence-electron chi connectivity index (χ0n) is 53.5. The Morgan fingerprint density at radius 1 is 0.529 bits per heavy atom. The minimum absolute atomic E-state index is 0. The molecule has 15 nitrogen and oxygen atoms in total. The molecule has 6 aliphatic rings. The molecule has 87 heavy (non-hydrogen) atoms. The largest absolute Gasteiger partial charge is 1.00 e. The van der Waals surface area contributed by atoms with Gasteiger partial charge in [0.25, 0.3) is 5.58 Å². The van der Waals surface area contributed by atoms with Gasteiger partial charge in [-0.1, -0.05) is 60.8 Å². The maximum absolute atomic E-state index is 13.1. The number of ether oxygens (including phenoxy) is 6. The number of fused-ring (bicyclic) bond motifs is 18. The first-order valence-electron chi connectivity index (χ1n) is 29.3. The molecule has 3 aromatic heterocycles. The maximum atomic E-state index is 13.1. The molecule has 0 saturated heterocycles. The van der Waals surface area contributed by atoms with Crippen molar-refractivity contribution in [2.24, 2.45) is 17.8 Å². The summed E-state index contributed by atoms with van der Waals surface area (Å²) in [6.07, 6.45) is 14.6. The standard InChI is InChI=1S/2C22H26O5.C22H24O5.B.Ce.3ClH.Na.H/c3*1-6-7-13-10-15(23)26-21-16(13)20-14(8-9-22(4,5)27-20)19-17(21)18(24)11(2)12(3)25-19;;;;;;;/h2*8-12,18,24H,6-7H2,1-5H3;8-12H,6-7H2,1-5H3;;;3*1H;;/q;;;;+3;;;;+1;-1/p-2/t11-,12-,18+;11-,12-,18-;11-,12-;;;;;;;/m111......./s1. The van der Waals surface area contributed by atoms with Crippen LogP contribution in [0.3, 0.4) is 0 Å². The Kier molecular flexibility index (Phi) is 22.4. The summed E-state index contributed by atoms with van der Waals surface area (Å²) in [5.74, 6) is 2.97. The Morgan fingerprint density at radius 3 is 1.25 bits per heavy atom. The van der Waals surface area contributed by atoms with Crippen LogP contribution in [0.2, 0.25) is 0 Å². The number of rotatable bonds is 6. The van der Waals surface area contributed by atoms with E-state index in [1.165, 1.54) is 12.1 Å². The average molecular weight is 1390 g/mol. The predicted molar refractivity (Wildman–Crippen MR) is 336 cm³/mol. The summed E-state index contributed by atoms with van der Waals surface area (Å²) in [6, 6.07) is 4.69. The summed E-state index contributed by atoms with van der Waals surface area (Å²) in [5, 5.41) is 24.3. The quantitative estimate of drug-likeness (QED) is 0.0904. The van der Waals surface area contributed by atoms with Crippen molar-refractivity contribution >= 4 is 82.2 Å². The fourth-order valence-corrected chi connectivity index (χ4v) is 11.8. The van der Waals surface area contributed by atoms with Crippen molar-refractivity contribution in [2.75, 3.05) is 0 Å². The Hall–Kier alpha value is -3.79. The van der Waals surface area contributed by atoms with Gasteiger partial charge in [0.05, 0.1) is 68.2 Å². The number of aliphatic hydroxyl groups excluding tert-OH is 2. The number of ketones is 1. The molecule has 12 rings (SSSR count). The second-order valence-corrected chi connectivity index (χ2v) is 38.5. The molecule has 6 aromatic rings. The Bertz CT molecular complexity index is 3760. The molecule has 3 radical (unpaired) electrons. The number of Topliss-reactive ketones (excluding diaryl/α,β-unsaturated/α-hetero) is 1. The number of hydrogen-bond donors (Lipinski definition) is 2. The number of aryl methyl sites for hydroxylation is 3. The Labute approximate surface area is 554 Å². The van der Waals surface area contributed by atoms with E-state index >= 15 is 0 Å². The van der Waals surface area contributed by atoms with Crippen molar-refractivity contribution in [1.29, 1.82) is 0 Å². The van der Waals surface area contributed by atoms with Crippen LogP contribution in [0.1, 0.15) is 192 Å². The monoisotopic (exact) mass is 1390 g/mol. The molecule has 9 heterocycles. The van der Waals surface area contributed by atoms with Crippen LogP contribution in [0.4, 0.5) is 0 Å². The zero-order chi connectivity index (χ0) is 62.1. The van der Waals surface area contributed by atoms with Gasteiger partial charge < -0.3 is 53.7 Å². The number of aliphatic hydroxyl groups is 2. The van der Waals surface area contributed by atoms with Gasteiger partial charge in [0.1, 0.15) is 75.2 Å². The van der Waals surface area contributed by atoms with E-state index in [0.717, 1.165) is 76.3 Å². The van der Waals surface area contributed by atoms with Crippen LogP contribution in [0.25, 0.3) is 51.1 Å². The number of hydrogen-bond acceptors (Lipinski definition) is 14. The van der Waals surface area contributed by atoms with E-state index in [2.05, 4.69) is 13.8 Å². The first-order valence-corrected chi connectivity index (χ1v) is 41.1. The summed E-state index contributed by atoms with van der Waals surface area (Å²) < 4.78 is 54.4. The third-order valence-electron chi connectivity index (χ3n) is 16.7. The topological polar surface area (TPSA) is 208 Å². The third kappa shape index (κ3) is 14.0. The van der Waals surface area contributed by atoms with Gasteiger partial charge in [0.2, 0.25) is 0 Å². The van der Waals surface area contributed by atoms with E-state index in [4.69, 9.17) is 58.6 Å². The van der Waals surface area contributed by atoms with Gasteiger partial charge in [-0.05, 0) is 135 Å². The van der Waals surface area contributed by atoms with Crippen molar-refractivity contribution < 1.29 is 123 Å². The van der Waals surface area contributed by atoms with Crippen LogP contribution in [0, 0.1) is 48.4 Å². The van der Waals surface area contributed by atoms with Gasteiger partial charge in [-0.25, -0.2) is 9.59 Å². The first kappa shape index (κ1) is 70.7. The van der Waals surface area contributed by atoms with Crippen LogP contribution in [0.15, 0.2) is 59.3 Å². The predicted octanol–water partition coefficient (Wildman–Crippen LogP) is 11.7. The minimum Gasteiger partial charge on any atom is -1.00 e. The van der Waals surface area contributed by atoms with Gasteiger partial charge in [-0.15, -0.1) is 0 Å². The number of carbonyl (C=O) groups is 1. The van der Waals surface area contributed by atoms with E-state index in [1.807, 2.05) is 126 Å². The van der Waals surface area contributed by atoms with E-state index in [9.17, 15) is 29.4 Å². The van der Waals surface area contributed by atoms with Crippen molar-refractivity contribution in [3.05, 3.63) is 113 Å². The molecule has 3 aromatic carbocycles. The van der Waals surface area contributed by atoms with E-state index in [-0.39, 0.29) is 92.5 Å². The van der Waals surface area contributed by atoms with Crippen molar-refractivity contribution in [2.45, 2.75) is 190 Å².